The molecule has 1 fully saturated rings. The Balaban J connectivity index is 1.75. The van der Waals surface area contributed by atoms with Gasteiger partial charge in [0.2, 0.25) is 10.0 Å². The topological polar surface area (TPSA) is 72.9 Å². The number of piperidine rings is 1. The van der Waals surface area contributed by atoms with E-state index in [1.54, 1.807) is 74.9 Å². The van der Waals surface area contributed by atoms with Crippen molar-refractivity contribution >= 4 is 28.0 Å². The van der Waals surface area contributed by atoms with E-state index in [4.69, 9.17) is 9.47 Å². The Kier molecular flexibility index (Phi) is 7.19. The molecule has 35 heavy (non-hydrogen) atoms. The fourth-order valence-electron chi connectivity index (χ4n) is 3.84. The minimum absolute atomic E-state index is 0.0129. The Bertz CT molecular complexity index is 1300. The molecule has 0 atom stereocenters. The molecular weight excluding hydrogens is 462 g/mol. The lowest BCUT2D eigenvalue weighted by molar-refractivity contribution is -0.113. The Labute approximate surface area is 206 Å². The average molecular weight is 490 g/mol. The molecule has 1 heterocycles. The van der Waals surface area contributed by atoms with E-state index < -0.39 is 10.0 Å². The van der Waals surface area contributed by atoms with E-state index in [-0.39, 0.29) is 23.8 Å². The Morgan fingerprint density at radius 3 is 1.54 bits per heavy atom. The van der Waals surface area contributed by atoms with Crippen molar-refractivity contribution in [2.24, 2.45) is 0 Å². The van der Waals surface area contributed by atoms with Crippen LogP contribution < -0.4 is 9.47 Å². The highest BCUT2D eigenvalue weighted by Crippen LogP contribution is 2.28. The maximum atomic E-state index is 13.5. The summed E-state index contributed by atoms with van der Waals surface area (Å²) >= 11 is 0. The molecular formula is C28H27NO5S. The van der Waals surface area contributed by atoms with Crippen LogP contribution in [0.15, 0.2) is 88.8 Å². The Hall–Kier alpha value is -3.68. The fourth-order valence-corrected chi connectivity index (χ4v) is 5.24. The molecule has 4 rings (SSSR count). The highest BCUT2D eigenvalue weighted by atomic mass is 32.2. The molecule has 6 nitrogen and oxygen atoms in total. The van der Waals surface area contributed by atoms with Gasteiger partial charge in [0, 0.05) is 24.2 Å². The summed E-state index contributed by atoms with van der Waals surface area (Å²) in [6, 6.07) is 21.3. The van der Waals surface area contributed by atoms with Crippen LogP contribution in [0.25, 0.3) is 12.2 Å². The molecule has 0 radical (unpaired) electrons. The second-order valence-electron chi connectivity index (χ2n) is 8.30. The zero-order valence-electron chi connectivity index (χ0n) is 19.9. The van der Waals surface area contributed by atoms with Crippen molar-refractivity contribution in [2.45, 2.75) is 11.8 Å². The molecule has 180 valence electrons. The number of methoxy groups -OCH3 is 2. The number of benzene rings is 3. The first-order valence-corrected chi connectivity index (χ1v) is 12.5. The van der Waals surface area contributed by atoms with E-state index in [9.17, 15) is 13.2 Å². The third kappa shape index (κ3) is 5.53. The summed E-state index contributed by atoms with van der Waals surface area (Å²) in [7, 11) is -0.644. The summed E-state index contributed by atoms with van der Waals surface area (Å²) in [5.41, 5.74) is 3.34. The molecule has 1 saturated heterocycles. The number of ether oxygens (including phenoxy) is 2. The number of sulfonamides is 1. The van der Waals surface area contributed by atoms with Gasteiger partial charge in [-0.2, -0.15) is 4.31 Å². The first kappa shape index (κ1) is 24.4. The Morgan fingerprint density at radius 2 is 1.14 bits per heavy atom. The summed E-state index contributed by atoms with van der Waals surface area (Å²) in [5.74, 6) is 1.23. The minimum atomic E-state index is -3.81. The number of ketones is 1. The monoisotopic (exact) mass is 489 g/mol. The van der Waals surface area contributed by atoms with Gasteiger partial charge in [-0.1, -0.05) is 42.0 Å². The number of Topliss-reactive ketones (excluding diaryl/α,β-unsaturated/α-hetero) is 1. The van der Waals surface area contributed by atoms with Crippen LogP contribution in [0.3, 0.4) is 0 Å². The van der Waals surface area contributed by atoms with Gasteiger partial charge in [0.05, 0.1) is 19.1 Å². The highest BCUT2D eigenvalue weighted by molar-refractivity contribution is 7.89. The van der Waals surface area contributed by atoms with E-state index in [1.165, 1.54) is 4.31 Å². The number of nitrogens with zero attached hydrogens (tertiary/aromatic N) is 1. The smallest absolute Gasteiger partial charge is 0.243 e. The maximum absolute atomic E-state index is 13.5. The average Bonchev–Trinajstić information content (AvgIpc) is 2.87. The van der Waals surface area contributed by atoms with Crippen LogP contribution in [0.2, 0.25) is 0 Å². The number of rotatable bonds is 6. The van der Waals surface area contributed by atoms with Crippen LogP contribution in [0.5, 0.6) is 11.5 Å². The fraction of sp³-hybridized carbons (Fsp3) is 0.179. The van der Waals surface area contributed by atoms with E-state index in [0.29, 0.717) is 22.6 Å². The summed E-state index contributed by atoms with van der Waals surface area (Å²) in [5, 5.41) is 0. The predicted molar refractivity (Wildman–Crippen MR) is 137 cm³/mol. The van der Waals surface area contributed by atoms with Gasteiger partial charge in [-0.05, 0) is 66.6 Å². The van der Waals surface area contributed by atoms with E-state index in [1.807, 2.05) is 31.2 Å². The maximum Gasteiger partial charge on any atom is 0.243 e. The van der Waals surface area contributed by atoms with Crippen LogP contribution in [0.1, 0.15) is 16.7 Å². The van der Waals surface area contributed by atoms with Crippen LogP contribution >= 0.6 is 0 Å². The second kappa shape index (κ2) is 10.3. The third-order valence-electron chi connectivity index (χ3n) is 5.85. The lowest BCUT2D eigenvalue weighted by Crippen LogP contribution is -2.41. The lowest BCUT2D eigenvalue weighted by Gasteiger charge is -2.29. The molecule has 1 aliphatic heterocycles. The van der Waals surface area contributed by atoms with E-state index in [2.05, 4.69) is 0 Å². The molecule has 0 aromatic heterocycles. The summed E-state index contributed by atoms with van der Waals surface area (Å²) in [4.78, 5) is 13.6. The van der Waals surface area contributed by atoms with Gasteiger partial charge < -0.3 is 9.47 Å². The molecule has 1 aliphatic rings. The van der Waals surface area contributed by atoms with Crippen molar-refractivity contribution in [3.63, 3.8) is 0 Å². The number of carbonyl (C=O) groups is 1. The molecule has 0 unspecified atom stereocenters. The molecule has 0 aliphatic carbocycles. The molecule has 0 N–H and O–H groups in total. The number of aryl methyl sites for hydroxylation is 1. The summed E-state index contributed by atoms with van der Waals surface area (Å²) in [6.07, 6.45) is 3.47. The van der Waals surface area contributed by atoms with E-state index >= 15 is 0 Å². The first-order valence-electron chi connectivity index (χ1n) is 11.1. The van der Waals surface area contributed by atoms with Crippen LogP contribution in [0, 0.1) is 6.92 Å². The van der Waals surface area contributed by atoms with Crippen molar-refractivity contribution < 1.29 is 22.7 Å². The first-order chi connectivity index (χ1) is 16.8. The summed E-state index contributed by atoms with van der Waals surface area (Å²) < 4.78 is 38.8. The minimum Gasteiger partial charge on any atom is -0.497 e. The molecule has 0 bridgehead atoms. The highest BCUT2D eigenvalue weighted by Gasteiger charge is 2.34. The second-order valence-corrected chi connectivity index (χ2v) is 10.2. The number of hydrogen-bond donors (Lipinski definition) is 0. The van der Waals surface area contributed by atoms with Gasteiger partial charge in [0.1, 0.15) is 11.5 Å². The van der Waals surface area contributed by atoms with Gasteiger partial charge in [0.15, 0.2) is 5.78 Å². The van der Waals surface area contributed by atoms with Crippen molar-refractivity contribution in [1.82, 2.24) is 4.31 Å². The molecule has 0 saturated carbocycles. The molecule has 7 heteroatoms. The van der Waals surface area contributed by atoms with Gasteiger partial charge in [-0.15, -0.1) is 0 Å². The largest absolute Gasteiger partial charge is 0.497 e. The molecule has 0 amide bonds. The van der Waals surface area contributed by atoms with Crippen molar-refractivity contribution in [2.75, 3.05) is 27.3 Å². The number of hydrogen-bond acceptors (Lipinski definition) is 5. The zero-order chi connectivity index (χ0) is 25.0. The molecule has 0 spiro atoms. The standard InChI is InChI=1S/C28H27NO5S/c1-20-4-14-27(15-5-20)35(31,32)29-18-23(16-21-6-10-25(33-2)11-7-21)28(30)24(19-29)17-22-8-12-26(34-3)13-9-22/h4-17H,18-19H2,1-3H3/b23-16+,24-17+. The van der Waals surface area contributed by atoms with Crippen molar-refractivity contribution in [3.8, 4) is 11.5 Å². The number of carbonyl (C=O) groups excluding carboxylic acids is 1. The van der Waals surface area contributed by atoms with Gasteiger partial charge in [0.25, 0.3) is 0 Å². The zero-order valence-corrected chi connectivity index (χ0v) is 20.7. The van der Waals surface area contributed by atoms with Gasteiger partial charge in [-0.25, -0.2) is 8.42 Å². The quantitative estimate of drug-likeness (QED) is 0.467. The SMILES string of the molecule is COc1ccc(/C=C2\CN(S(=O)(=O)c3ccc(C)cc3)C/C(=C\c3ccc(OC)cc3)C2=O)cc1. The van der Waals surface area contributed by atoms with Crippen LogP contribution in [-0.2, 0) is 14.8 Å². The van der Waals surface area contributed by atoms with Crippen LogP contribution in [0.4, 0.5) is 0 Å². The molecule has 3 aromatic carbocycles. The molecule has 3 aromatic rings. The normalized spacial score (nSPS) is 17.1. The van der Waals surface area contributed by atoms with Crippen molar-refractivity contribution in [1.29, 1.82) is 0 Å². The third-order valence-corrected chi connectivity index (χ3v) is 7.65. The van der Waals surface area contributed by atoms with Crippen molar-refractivity contribution in [3.05, 3.63) is 101 Å². The van der Waals surface area contributed by atoms with Gasteiger partial charge in [-0.3, -0.25) is 4.79 Å². The van der Waals surface area contributed by atoms with E-state index in [0.717, 1.165) is 16.7 Å². The van der Waals surface area contributed by atoms with Gasteiger partial charge >= 0.3 is 0 Å². The lowest BCUT2D eigenvalue weighted by atomic mass is 9.95. The summed E-state index contributed by atoms with van der Waals surface area (Å²) in [6.45, 7) is 1.88. The Morgan fingerprint density at radius 1 is 0.714 bits per heavy atom. The van der Waals surface area contributed by atoms with Crippen LogP contribution in [-0.4, -0.2) is 45.8 Å². The predicted octanol–water partition coefficient (Wildman–Crippen LogP) is 4.75.